The average Bonchev–Trinajstić information content (AvgIpc) is 2.87. The number of piperazine rings is 1. The zero-order valence-electron chi connectivity index (χ0n) is 20.8. The van der Waals surface area contributed by atoms with Crippen LogP contribution in [0.1, 0.15) is 12.5 Å². The van der Waals surface area contributed by atoms with E-state index in [4.69, 9.17) is 5.73 Å². The fourth-order valence-corrected chi connectivity index (χ4v) is 3.61. The largest absolute Gasteiger partial charge is 0.401 e. The topological polar surface area (TPSA) is 140 Å². The highest BCUT2D eigenvalue weighted by molar-refractivity contribution is 5.92. The minimum atomic E-state index is -0.479. The average molecular weight is 498 g/mol. The van der Waals surface area contributed by atoms with Crippen LogP contribution in [0.25, 0.3) is 0 Å². The number of nitrogens with zero attached hydrogens (tertiary/aromatic N) is 3. The summed E-state index contributed by atoms with van der Waals surface area (Å²) < 4.78 is 0. The van der Waals surface area contributed by atoms with Gasteiger partial charge in [-0.1, -0.05) is 42.5 Å². The maximum Gasteiger partial charge on any atom is 0.246 e. The van der Waals surface area contributed by atoms with Crippen molar-refractivity contribution in [2.45, 2.75) is 19.6 Å². The summed E-state index contributed by atoms with van der Waals surface area (Å²) in [4.78, 5) is 51.7. The Morgan fingerprint density at radius 2 is 1.97 bits per heavy atom. The van der Waals surface area contributed by atoms with Crippen LogP contribution in [0, 0.1) is 0 Å². The molecule has 2 rings (SSSR count). The molecule has 0 bridgehead atoms. The van der Waals surface area contributed by atoms with E-state index in [0.717, 1.165) is 5.56 Å². The standard InChI is InChI=1S/C25H35N7O4/c1-4-12-31(29-18-33)16-24(35)32-17-23(34)30(14-21(26)11-10-19(2)25(36)27-3)15-22(32)28-13-20-8-6-5-7-9-20/h4-11,18,22,28H,1,12-17,26H2,2-3H3,(H,27,36)(H,29,33)/b19-10+,21-11-. The van der Waals surface area contributed by atoms with E-state index in [1.807, 2.05) is 30.3 Å². The Balaban J connectivity index is 2.17. The van der Waals surface area contributed by atoms with Gasteiger partial charge < -0.3 is 20.9 Å². The molecule has 0 aliphatic carbocycles. The predicted octanol–water partition coefficient (Wildman–Crippen LogP) is -0.543. The second kappa shape index (κ2) is 14.4. The molecule has 0 aromatic heterocycles. The summed E-state index contributed by atoms with van der Waals surface area (Å²) in [5, 5.41) is 7.31. The van der Waals surface area contributed by atoms with E-state index in [9.17, 15) is 19.2 Å². The maximum atomic E-state index is 13.1. The number of hydrazine groups is 1. The number of amides is 4. The fraction of sp³-hybridized carbons (Fsp3) is 0.360. The monoisotopic (exact) mass is 497 g/mol. The van der Waals surface area contributed by atoms with Gasteiger partial charge in [0.05, 0.1) is 19.6 Å². The maximum absolute atomic E-state index is 13.1. The summed E-state index contributed by atoms with van der Waals surface area (Å²) >= 11 is 0. The zero-order valence-corrected chi connectivity index (χ0v) is 20.8. The number of carbonyl (C=O) groups excluding carboxylic acids is 4. The number of hydrogen-bond donors (Lipinski definition) is 4. The molecule has 5 N–H and O–H groups in total. The van der Waals surface area contributed by atoms with Crippen LogP contribution in [0.4, 0.5) is 0 Å². The lowest BCUT2D eigenvalue weighted by molar-refractivity contribution is -0.151. The molecule has 1 saturated heterocycles. The van der Waals surface area contributed by atoms with E-state index in [1.54, 1.807) is 37.1 Å². The Morgan fingerprint density at radius 3 is 2.61 bits per heavy atom. The highest BCUT2D eigenvalue weighted by atomic mass is 16.2. The number of benzene rings is 1. The molecular formula is C25H35N7O4. The number of likely N-dealkylation sites (N-methyl/N-ethyl adjacent to an activating group) is 1. The summed E-state index contributed by atoms with van der Waals surface area (Å²) in [5.41, 5.74) is 10.5. The number of rotatable bonds is 13. The van der Waals surface area contributed by atoms with Gasteiger partial charge in [0.15, 0.2) is 0 Å². The van der Waals surface area contributed by atoms with Gasteiger partial charge in [0.2, 0.25) is 24.1 Å². The Morgan fingerprint density at radius 1 is 1.25 bits per heavy atom. The third-order valence-electron chi connectivity index (χ3n) is 5.55. The molecule has 0 spiro atoms. The van der Waals surface area contributed by atoms with Crippen molar-refractivity contribution in [3.05, 3.63) is 72.0 Å². The van der Waals surface area contributed by atoms with Crippen LogP contribution in [0.3, 0.4) is 0 Å². The first kappa shape index (κ1) is 28.3. The van der Waals surface area contributed by atoms with Crippen molar-refractivity contribution < 1.29 is 19.2 Å². The van der Waals surface area contributed by atoms with Gasteiger partial charge in [0.1, 0.15) is 12.7 Å². The molecule has 0 radical (unpaired) electrons. The molecule has 1 aromatic carbocycles. The molecule has 4 amide bonds. The van der Waals surface area contributed by atoms with Crippen LogP contribution in [0.5, 0.6) is 0 Å². The molecule has 1 aliphatic heterocycles. The number of allylic oxidation sites excluding steroid dienone is 2. The highest BCUT2D eigenvalue weighted by Crippen LogP contribution is 2.13. The minimum absolute atomic E-state index is 0.118. The molecule has 1 aliphatic rings. The second-order valence-electron chi connectivity index (χ2n) is 8.26. The van der Waals surface area contributed by atoms with Crippen molar-refractivity contribution in [2.75, 3.05) is 39.8 Å². The van der Waals surface area contributed by atoms with Crippen molar-refractivity contribution in [1.29, 1.82) is 0 Å². The molecule has 1 heterocycles. The van der Waals surface area contributed by atoms with E-state index < -0.39 is 6.17 Å². The van der Waals surface area contributed by atoms with Crippen LogP contribution < -0.4 is 21.8 Å². The van der Waals surface area contributed by atoms with Crippen molar-refractivity contribution in [3.8, 4) is 0 Å². The number of nitrogens with one attached hydrogen (secondary N) is 3. The van der Waals surface area contributed by atoms with Gasteiger partial charge >= 0.3 is 0 Å². The summed E-state index contributed by atoms with van der Waals surface area (Å²) in [6.07, 6.45) is 4.76. The van der Waals surface area contributed by atoms with Crippen molar-refractivity contribution in [2.24, 2.45) is 5.73 Å². The third-order valence-corrected chi connectivity index (χ3v) is 5.55. The highest BCUT2D eigenvalue weighted by Gasteiger charge is 2.35. The first-order valence-electron chi connectivity index (χ1n) is 11.5. The lowest BCUT2D eigenvalue weighted by Gasteiger charge is -2.42. The molecule has 194 valence electrons. The van der Waals surface area contributed by atoms with Crippen molar-refractivity contribution in [3.63, 3.8) is 0 Å². The van der Waals surface area contributed by atoms with E-state index in [0.29, 0.717) is 24.2 Å². The SMILES string of the molecule is C=CCN(CC(=O)N1CC(=O)N(C/C(N)=C/C=C(\C)C(=O)NC)CC1NCc1ccccc1)NC=O. The quantitative estimate of drug-likeness (QED) is 0.0943. The number of nitrogens with two attached hydrogens (primary N) is 1. The van der Waals surface area contributed by atoms with Gasteiger partial charge in [-0.3, -0.25) is 29.9 Å². The molecule has 1 fully saturated rings. The fourth-order valence-electron chi connectivity index (χ4n) is 3.61. The lowest BCUT2D eigenvalue weighted by Crippen LogP contribution is -2.64. The van der Waals surface area contributed by atoms with Gasteiger partial charge in [-0.05, 0) is 18.6 Å². The van der Waals surface area contributed by atoms with Crippen LogP contribution in [-0.2, 0) is 25.7 Å². The summed E-state index contributed by atoms with van der Waals surface area (Å²) in [5.74, 6) is -0.803. The second-order valence-corrected chi connectivity index (χ2v) is 8.26. The molecule has 0 saturated carbocycles. The minimum Gasteiger partial charge on any atom is -0.401 e. The normalized spacial score (nSPS) is 16.6. The van der Waals surface area contributed by atoms with Gasteiger partial charge in [-0.2, -0.15) is 0 Å². The summed E-state index contributed by atoms with van der Waals surface area (Å²) in [6.45, 7) is 6.15. The molecule has 11 heteroatoms. The molecule has 11 nitrogen and oxygen atoms in total. The lowest BCUT2D eigenvalue weighted by atomic mass is 10.2. The number of carbonyl (C=O) groups is 4. The third kappa shape index (κ3) is 8.67. The van der Waals surface area contributed by atoms with Crippen LogP contribution in [0.15, 0.2) is 66.4 Å². The molecule has 1 unspecified atom stereocenters. The van der Waals surface area contributed by atoms with Gasteiger partial charge in [-0.15, -0.1) is 6.58 Å². The van der Waals surface area contributed by atoms with Crippen LogP contribution in [0.2, 0.25) is 0 Å². The molecule has 1 aromatic rings. The molecule has 36 heavy (non-hydrogen) atoms. The Kier molecular flexibility index (Phi) is 11.3. The summed E-state index contributed by atoms with van der Waals surface area (Å²) in [7, 11) is 1.54. The van der Waals surface area contributed by atoms with Crippen LogP contribution >= 0.6 is 0 Å². The van der Waals surface area contributed by atoms with Crippen molar-refractivity contribution in [1.82, 2.24) is 30.9 Å². The first-order valence-corrected chi connectivity index (χ1v) is 11.5. The van der Waals surface area contributed by atoms with Crippen molar-refractivity contribution >= 4 is 24.1 Å². The Bertz CT molecular complexity index is 983. The predicted molar refractivity (Wildman–Crippen MR) is 136 cm³/mol. The zero-order chi connectivity index (χ0) is 26.5. The Labute approximate surface area is 211 Å². The van der Waals surface area contributed by atoms with Crippen LogP contribution in [-0.4, -0.2) is 84.9 Å². The van der Waals surface area contributed by atoms with E-state index in [1.165, 1.54) is 9.91 Å². The van der Waals surface area contributed by atoms with E-state index in [-0.39, 0.29) is 50.4 Å². The molecule has 1 atom stereocenters. The van der Waals surface area contributed by atoms with E-state index in [2.05, 4.69) is 22.6 Å². The van der Waals surface area contributed by atoms with E-state index >= 15 is 0 Å². The van der Waals surface area contributed by atoms with Gasteiger partial charge in [-0.25, -0.2) is 5.01 Å². The Hall–Kier alpha value is -3.96. The molecular weight excluding hydrogens is 462 g/mol. The number of hydrogen-bond acceptors (Lipinski definition) is 7. The van der Waals surface area contributed by atoms with Gasteiger partial charge in [0.25, 0.3) is 0 Å². The smallest absolute Gasteiger partial charge is 0.246 e. The first-order chi connectivity index (χ1) is 17.3. The van der Waals surface area contributed by atoms with Gasteiger partial charge in [0, 0.05) is 31.4 Å². The summed E-state index contributed by atoms with van der Waals surface area (Å²) in [6, 6.07) is 9.70.